The Morgan fingerprint density at radius 1 is 0.905 bits per heavy atom. The van der Waals surface area contributed by atoms with Crippen molar-refractivity contribution in [1.82, 2.24) is 0 Å². The number of hydrogen-bond acceptors (Lipinski definition) is 2. The molecule has 2 atom stereocenters. The van der Waals surface area contributed by atoms with Crippen LogP contribution < -0.4 is 0 Å². The first-order chi connectivity index (χ1) is 9.76. The first kappa shape index (κ1) is 19.8. The maximum absolute atomic E-state index is 9.96. The van der Waals surface area contributed by atoms with E-state index in [0.29, 0.717) is 18.4 Å². The summed E-state index contributed by atoms with van der Waals surface area (Å²) >= 11 is 0. The van der Waals surface area contributed by atoms with E-state index in [4.69, 9.17) is 0 Å². The highest BCUT2D eigenvalue weighted by molar-refractivity contribution is 5.46. The number of rotatable bonds is 6. The van der Waals surface area contributed by atoms with E-state index in [1.165, 1.54) is 12.8 Å². The quantitative estimate of drug-likeness (QED) is 0.576. The minimum absolute atomic E-state index is 0.573. The van der Waals surface area contributed by atoms with Crippen molar-refractivity contribution in [1.29, 1.82) is 0 Å². The lowest BCUT2D eigenvalue weighted by atomic mass is 10.0. The Hall–Kier alpha value is -1.22. The van der Waals surface area contributed by atoms with E-state index in [2.05, 4.69) is 30.6 Å². The zero-order chi connectivity index (χ0) is 16.4. The lowest BCUT2D eigenvalue weighted by Gasteiger charge is -2.12. The highest BCUT2D eigenvalue weighted by Gasteiger charge is 2.13. The Balaban J connectivity index is 5.11. The second-order valence-electron chi connectivity index (χ2n) is 5.87. The number of unbranched alkanes of at least 4 members (excludes halogenated alkanes) is 3. The predicted molar refractivity (Wildman–Crippen MR) is 89.6 cm³/mol. The fourth-order valence-corrected chi connectivity index (χ4v) is 1.35. The SMILES string of the molecule is CCCCCC=C(C#CC(C)(O)CC)C#CC(C)(O)CC. The lowest BCUT2D eigenvalue weighted by molar-refractivity contribution is 0.118. The molecule has 0 aromatic carbocycles. The van der Waals surface area contributed by atoms with Crippen LogP contribution in [0.4, 0.5) is 0 Å². The zero-order valence-electron chi connectivity index (χ0n) is 14.2. The molecule has 0 fully saturated rings. The molecule has 0 heterocycles. The smallest absolute Gasteiger partial charge is 0.122 e. The molecule has 2 N–H and O–H groups in total. The van der Waals surface area contributed by atoms with Crippen molar-refractivity contribution < 1.29 is 10.2 Å². The molecular weight excluding hydrogens is 260 g/mol. The molecule has 0 amide bonds. The summed E-state index contributed by atoms with van der Waals surface area (Å²) in [6, 6.07) is 0. The van der Waals surface area contributed by atoms with Gasteiger partial charge >= 0.3 is 0 Å². The van der Waals surface area contributed by atoms with E-state index < -0.39 is 11.2 Å². The van der Waals surface area contributed by atoms with Crippen LogP contribution >= 0.6 is 0 Å². The molecule has 0 bridgehead atoms. The molecule has 2 heteroatoms. The third-order valence-corrected chi connectivity index (χ3v) is 3.47. The van der Waals surface area contributed by atoms with Crippen LogP contribution in [0.5, 0.6) is 0 Å². The topological polar surface area (TPSA) is 40.5 Å². The first-order valence-corrected chi connectivity index (χ1v) is 7.97. The second-order valence-corrected chi connectivity index (χ2v) is 5.87. The summed E-state index contributed by atoms with van der Waals surface area (Å²) in [5.41, 5.74) is -1.29. The van der Waals surface area contributed by atoms with Crippen LogP contribution in [0.15, 0.2) is 11.6 Å². The molecule has 0 saturated heterocycles. The summed E-state index contributed by atoms with van der Waals surface area (Å²) in [6.45, 7) is 9.36. The van der Waals surface area contributed by atoms with Gasteiger partial charge in [-0.3, -0.25) is 0 Å². The van der Waals surface area contributed by atoms with Crippen molar-refractivity contribution >= 4 is 0 Å². The molecule has 0 aromatic heterocycles. The van der Waals surface area contributed by atoms with E-state index in [9.17, 15) is 10.2 Å². The van der Waals surface area contributed by atoms with E-state index in [1.807, 2.05) is 19.9 Å². The van der Waals surface area contributed by atoms with Crippen molar-refractivity contribution in [3.63, 3.8) is 0 Å². The van der Waals surface area contributed by atoms with Gasteiger partial charge in [0.05, 0.1) is 5.57 Å². The van der Waals surface area contributed by atoms with Gasteiger partial charge in [-0.1, -0.05) is 63.4 Å². The van der Waals surface area contributed by atoms with Gasteiger partial charge in [-0.15, -0.1) is 0 Å². The standard InChI is InChI=1S/C19H30O2/c1-6-9-10-11-12-17(13-15-18(4,20)7-2)14-16-19(5,21)8-3/h12,20-21H,6-11H2,1-5H3. The highest BCUT2D eigenvalue weighted by Crippen LogP contribution is 2.09. The maximum Gasteiger partial charge on any atom is 0.122 e. The van der Waals surface area contributed by atoms with Crippen LogP contribution in [-0.4, -0.2) is 21.4 Å². The molecular formula is C19H30O2. The molecule has 0 saturated carbocycles. The van der Waals surface area contributed by atoms with Crippen LogP contribution in [0.3, 0.4) is 0 Å². The van der Waals surface area contributed by atoms with Crippen molar-refractivity contribution in [3.8, 4) is 23.7 Å². The van der Waals surface area contributed by atoms with Gasteiger partial charge in [0.1, 0.15) is 11.2 Å². The minimum Gasteiger partial charge on any atom is -0.378 e. The normalized spacial score (nSPS) is 15.6. The summed E-state index contributed by atoms with van der Waals surface area (Å²) in [5, 5.41) is 19.9. The largest absolute Gasteiger partial charge is 0.378 e. The van der Waals surface area contributed by atoms with Gasteiger partial charge in [0.25, 0.3) is 0 Å². The molecule has 0 aromatic rings. The molecule has 0 spiro atoms. The van der Waals surface area contributed by atoms with E-state index in [-0.39, 0.29) is 0 Å². The number of aliphatic hydroxyl groups is 2. The third-order valence-electron chi connectivity index (χ3n) is 3.47. The molecule has 2 nitrogen and oxygen atoms in total. The Kier molecular flexibility index (Phi) is 9.11. The van der Waals surface area contributed by atoms with Crippen molar-refractivity contribution in [2.24, 2.45) is 0 Å². The van der Waals surface area contributed by atoms with Crippen LogP contribution in [0.2, 0.25) is 0 Å². The highest BCUT2D eigenvalue weighted by atomic mass is 16.3. The summed E-state index contributed by atoms with van der Waals surface area (Å²) in [6.07, 6.45) is 7.55. The average molecular weight is 290 g/mol. The fourth-order valence-electron chi connectivity index (χ4n) is 1.35. The van der Waals surface area contributed by atoms with Crippen LogP contribution in [0.1, 0.15) is 73.1 Å². The van der Waals surface area contributed by atoms with E-state index in [1.54, 1.807) is 13.8 Å². The Morgan fingerprint density at radius 3 is 1.76 bits per heavy atom. The van der Waals surface area contributed by atoms with Crippen LogP contribution in [0.25, 0.3) is 0 Å². The van der Waals surface area contributed by atoms with Gasteiger partial charge in [-0.2, -0.15) is 0 Å². The summed E-state index contributed by atoms with van der Waals surface area (Å²) in [5.74, 6) is 11.6. The van der Waals surface area contributed by atoms with Crippen molar-refractivity contribution in [2.45, 2.75) is 84.3 Å². The summed E-state index contributed by atoms with van der Waals surface area (Å²) < 4.78 is 0. The van der Waals surface area contributed by atoms with Gasteiger partial charge in [0.2, 0.25) is 0 Å². The minimum atomic E-state index is -0.989. The van der Waals surface area contributed by atoms with E-state index >= 15 is 0 Å². The first-order valence-electron chi connectivity index (χ1n) is 7.97. The van der Waals surface area contributed by atoms with Crippen LogP contribution in [-0.2, 0) is 0 Å². The van der Waals surface area contributed by atoms with Gasteiger partial charge in [-0.05, 0) is 39.5 Å². The molecule has 0 aliphatic carbocycles. The van der Waals surface area contributed by atoms with E-state index in [0.717, 1.165) is 12.8 Å². The Labute approximate surface area is 130 Å². The monoisotopic (exact) mass is 290 g/mol. The molecule has 0 aliphatic rings. The third kappa shape index (κ3) is 10.2. The van der Waals surface area contributed by atoms with Gasteiger partial charge in [-0.25, -0.2) is 0 Å². The Bertz CT molecular complexity index is 411. The fraction of sp³-hybridized carbons (Fsp3) is 0.684. The molecule has 118 valence electrons. The van der Waals surface area contributed by atoms with Crippen LogP contribution in [0, 0.1) is 23.7 Å². The lowest BCUT2D eigenvalue weighted by Crippen LogP contribution is -2.20. The van der Waals surface area contributed by atoms with Gasteiger partial charge < -0.3 is 10.2 Å². The molecule has 2 unspecified atom stereocenters. The summed E-state index contributed by atoms with van der Waals surface area (Å²) in [7, 11) is 0. The van der Waals surface area contributed by atoms with Gasteiger partial charge in [0.15, 0.2) is 0 Å². The molecule has 0 rings (SSSR count). The van der Waals surface area contributed by atoms with Crippen molar-refractivity contribution in [3.05, 3.63) is 11.6 Å². The van der Waals surface area contributed by atoms with Gasteiger partial charge in [0, 0.05) is 0 Å². The zero-order valence-corrected chi connectivity index (χ0v) is 14.2. The predicted octanol–water partition coefficient (Wildman–Crippen LogP) is 3.82. The van der Waals surface area contributed by atoms with Crippen molar-refractivity contribution in [2.75, 3.05) is 0 Å². The molecule has 0 radical (unpaired) electrons. The number of hydrogen-bond donors (Lipinski definition) is 2. The molecule has 21 heavy (non-hydrogen) atoms. The molecule has 0 aliphatic heterocycles. The summed E-state index contributed by atoms with van der Waals surface area (Å²) in [4.78, 5) is 0. The maximum atomic E-state index is 9.96. The second kappa shape index (κ2) is 9.67. The Morgan fingerprint density at radius 2 is 1.38 bits per heavy atom. The average Bonchev–Trinajstić information content (AvgIpc) is 2.45. The number of allylic oxidation sites excluding steroid dienone is 2.